The van der Waals surface area contributed by atoms with Crippen LogP contribution in [-0.2, 0) is 16.6 Å². The lowest BCUT2D eigenvalue weighted by Gasteiger charge is -2.23. The monoisotopic (exact) mass is 295 g/mol. The quantitative estimate of drug-likeness (QED) is 0.863. The highest BCUT2D eigenvalue weighted by Crippen LogP contribution is 2.37. The molecule has 1 aliphatic heterocycles. The molecule has 1 aliphatic carbocycles. The molecule has 0 radical (unpaired) electrons. The average molecular weight is 295 g/mol. The molecule has 116 valence electrons. The Morgan fingerprint density at radius 2 is 2.09 bits per heavy atom. The zero-order valence-corrected chi connectivity index (χ0v) is 13.8. The van der Waals surface area contributed by atoms with Gasteiger partial charge in [0.15, 0.2) is 0 Å². The van der Waals surface area contributed by atoms with Gasteiger partial charge >= 0.3 is 0 Å². The molecule has 1 N–H and O–H groups in total. The van der Waals surface area contributed by atoms with Crippen molar-refractivity contribution in [2.24, 2.45) is 5.92 Å². The van der Waals surface area contributed by atoms with Crippen LogP contribution in [0.3, 0.4) is 0 Å². The Labute approximate surface area is 133 Å². The minimum Gasteiger partial charge on any atom is -0.330 e. The topological polar surface area (TPSA) is 29.1 Å². The van der Waals surface area contributed by atoms with Crippen LogP contribution in [0.2, 0.25) is 0 Å². The number of hydrogen-bond acceptors (Lipinski definition) is 1. The number of amides is 1. The molecule has 2 aliphatic rings. The molecule has 0 aromatic heterocycles. The predicted octanol–water partition coefficient (Wildman–Crippen LogP) is 4.35. The zero-order valence-electron chi connectivity index (χ0n) is 13.8. The van der Waals surface area contributed by atoms with E-state index in [0.29, 0.717) is 0 Å². The largest absolute Gasteiger partial charge is 0.330 e. The van der Waals surface area contributed by atoms with E-state index in [9.17, 15) is 4.79 Å². The molecule has 1 aromatic carbocycles. The number of benzene rings is 1. The van der Waals surface area contributed by atoms with Gasteiger partial charge in [-0.15, -0.1) is 0 Å². The van der Waals surface area contributed by atoms with Crippen LogP contribution in [0.15, 0.2) is 36.0 Å². The van der Waals surface area contributed by atoms with Crippen molar-refractivity contribution in [3.63, 3.8) is 0 Å². The lowest BCUT2D eigenvalue weighted by atomic mass is 9.83. The number of piperidine rings is 1. The van der Waals surface area contributed by atoms with E-state index in [2.05, 4.69) is 56.9 Å². The second-order valence-electron chi connectivity index (χ2n) is 7.64. The molecule has 1 heterocycles. The van der Waals surface area contributed by atoms with E-state index in [1.54, 1.807) is 0 Å². The average Bonchev–Trinajstić information content (AvgIpc) is 2.83. The van der Waals surface area contributed by atoms with Crippen molar-refractivity contribution in [2.75, 3.05) is 0 Å². The van der Waals surface area contributed by atoms with Crippen molar-refractivity contribution in [1.82, 2.24) is 5.32 Å². The highest BCUT2D eigenvalue weighted by molar-refractivity contribution is 5.82. The van der Waals surface area contributed by atoms with Crippen molar-refractivity contribution in [3.05, 3.63) is 52.7 Å². The van der Waals surface area contributed by atoms with Crippen LogP contribution in [0.1, 0.15) is 56.7 Å². The van der Waals surface area contributed by atoms with Crippen molar-refractivity contribution in [2.45, 2.75) is 51.9 Å². The third-order valence-electron chi connectivity index (χ3n) is 4.74. The summed E-state index contributed by atoms with van der Waals surface area (Å²) in [5.41, 5.74) is 6.59. The van der Waals surface area contributed by atoms with Crippen molar-refractivity contribution < 1.29 is 4.79 Å². The molecule has 0 spiro atoms. The van der Waals surface area contributed by atoms with Crippen LogP contribution >= 0.6 is 0 Å². The van der Waals surface area contributed by atoms with Crippen molar-refractivity contribution >= 4 is 12.0 Å². The molecule has 1 amide bonds. The summed E-state index contributed by atoms with van der Waals surface area (Å²) in [6.45, 7) is 10.6. The number of allylic oxidation sites excluding steroid dienone is 2. The van der Waals surface area contributed by atoms with E-state index in [-0.39, 0.29) is 17.2 Å². The second kappa shape index (κ2) is 5.42. The predicted molar refractivity (Wildman–Crippen MR) is 91.4 cm³/mol. The third-order valence-corrected chi connectivity index (χ3v) is 4.74. The molecule has 3 rings (SSSR count). The molecule has 0 bridgehead atoms. The standard InChI is InChI=1S/C20H25NO/c1-13-8-9-16(19(22)21-13)11-14-10-15-6-5-7-18(17(15)12-14)20(2,3)4/h5-7,12,16H,1,8-11H2,2-4H3,(H,21,22). The molecule has 2 nitrogen and oxygen atoms in total. The van der Waals surface area contributed by atoms with E-state index < -0.39 is 0 Å². The Morgan fingerprint density at radius 3 is 2.77 bits per heavy atom. The van der Waals surface area contributed by atoms with Gasteiger partial charge in [-0.3, -0.25) is 4.79 Å². The minimum atomic E-state index is 0.101. The first-order valence-electron chi connectivity index (χ1n) is 8.15. The van der Waals surface area contributed by atoms with Crippen LogP contribution in [0.5, 0.6) is 0 Å². The fraction of sp³-hybridized carbons (Fsp3) is 0.450. The summed E-state index contributed by atoms with van der Waals surface area (Å²) in [4.78, 5) is 12.1. The maximum atomic E-state index is 12.1. The Kier molecular flexibility index (Phi) is 3.72. The molecule has 2 heteroatoms. The third kappa shape index (κ3) is 2.87. The first-order chi connectivity index (χ1) is 10.3. The summed E-state index contributed by atoms with van der Waals surface area (Å²) in [7, 11) is 0. The van der Waals surface area contributed by atoms with Gasteiger partial charge in [0.2, 0.25) is 5.91 Å². The summed E-state index contributed by atoms with van der Waals surface area (Å²) in [6, 6.07) is 6.61. The fourth-order valence-electron chi connectivity index (χ4n) is 3.55. The SMILES string of the molecule is C=C1CCC(CC2=Cc3c(cccc3C(C)(C)C)C2)C(=O)N1. The zero-order chi connectivity index (χ0) is 15.9. The van der Waals surface area contributed by atoms with Gasteiger partial charge in [-0.2, -0.15) is 0 Å². The number of carbonyl (C=O) groups is 1. The minimum absolute atomic E-state index is 0.101. The highest BCUT2D eigenvalue weighted by Gasteiger charge is 2.28. The van der Waals surface area contributed by atoms with Crippen LogP contribution in [0.25, 0.3) is 6.08 Å². The lowest BCUT2D eigenvalue weighted by molar-refractivity contribution is -0.125. The first kappa shape index (κ1) is 15.1. The number of fused-ring (bicyclic) bond motifs is 1. The highest BCUT2D eigenvalue weighted by atomic mass is 16.1. The second-order valence-corrected chi connectivity index (χ2v) is 7.64. The summed E-state index contributed by atoms with van der Waals surface area (Å²) < 4.78 is 0. The van der Waals surface area contributed by atoms with Crippen LogP contribution in [-0.4, -0.2) is 5.91 Å². The lowest BCUT2D eigenvalue weighted by Crippen LogP contribution is -2.34. The Bertz CT molecular complexity index is 661. The Balaban J connectivity index is 1.81. The summed E-state index contributed by atoms with van der Waals surface area (Å²) in [5, 5.41) is 2.90. The molecular formula is C20H25NO. The molecule has 0 saturated carbocycles. The molecule has 1 saturated heterocycles. The van der Waals surface area contributed by atoms with E-state index in [1.807, 2.05) is 0 Å². The summed E-state index contributed by atoms with van der Waals surface area (Å²) in [5.74, 6) is 0.244. The van der Waals surface area contributed by atoms with Crippen molar-refractivity contribution in [1.29, 1.82) is 0 Å². The maximum Gasteiger partial charge on any atom is 0.227 e. The molecule has 22 heavy (non-hydrogen) atoms. The Hall–Kier alpha value is -1.83. The van der Waals surface area contributed by atoms with Gasteiger partial charge in [-0.05, 0) is 47.8 Å². The Morgan fingerprint density at radius 1 is 1.32 bits per heavy atom. The summed E-state index contributed by atoms with van der Waals surface area (Å²) in [6.07, 6.45) is 6.02. The van der Waals surface area contributed by atoms with E-state index in [4.69, 9.17) is 0 Å². The van der Waals surface area contributed by atoms with Gasteiger partial charge in [0.25, 0.3) is 0 Å². The van der Waals surface area contributed by atoms with Gasteiger partial charge in [-0.25, -0.2) is 0 Å². The van der Waals surface area contributed by atoms with Crippen LogP contribution in [0.4, 0.5) is 0 Å². The van der Waals surface area contributed by atoms with E-state index in [0.717, 1.165) is 31.4 Å². The number of nitrogens with one attached hydrogen (secondary N) is 1. The number of rotatable bonds is 2. The normalized spacial score (nSPS) is 21.4. The summed E-state index contributed by atoms with van der Waals surface area (Å²) >= 11 is 0. The maximum absolute atomic E-state index is 12.1. The van der Waals surface area contributed by atoms with Gasteiger partial charge in [0.1, 0.15) is 0 Å². The van der Waals surface area contributed by atoms with Gasteiger partial charge in [-0.1, -0.05) is 57.2 Å². The van der Waals surface area contributed by atoms with E-state index >= 15 is 0 Å². The van der Waals surface area contributed by atoms with E-state index in [1.165, 1.54) is 22.3 Å². The smallest absolute Gasteiger partial charge is 0.227 e. The molecule has 1 fully saturated rings. The van der Waals surface area contributed by atoms with Gasteiger partial charge in [0.05, 0.1) is 0 Å². The molecular weight excluding hydrogens is 270 g/mol. The number of carbonyl (C=O) groups excluding carboxylic acids is 1. The van der Waals surface area contributed by atoms with Gasteiger partial charge < -0.3 is 5.32 Å². The van der Waals surface area contributed by atoms with Crippen molar-refractivity contribution in [3.8, 4) is 0 Å². The molecule has 1 aromatic rings. The molecule has 1 unspecified atom stereocenters. The first-order valence-corrected chi connectivity index (χ1v) is 8.15. The molecule has 1 atom stereocenters. The fourth-order valence-corrected chi connectivity index (χ4v) is 3.55. The number of hydrogen-bond donors (Lipinski definition) is 1. The van der Waals surface area contributed by atoms with Crippen LogP contribution in [0, 0.1) is 5.92 Å². The van der Waals surface area contributed by atoms with Crippen LogP contribution < -0.4 is 5.32 Å². The van der Waals surface area contributed by atoms with Gasteiger partial charge in [0, 0.05) is 11.6 Å².